The summed E-state index contributed by atoms with van der Waals surface area (Å²) in [6.07, 6.45) is 7.66. The van der Waals surface area contributed by atoms with E-state index in [9.17, 15) is 9.59 Å². The SMILES string of the molecule is C[C@H]1CCc2[nH]c3ccc(C(=O)OCC(=O)NC4CCCC4)cc3c2C1. The molecule has 26 heavy (non-hydrogen) atoms. The Morgan fingerprint density at radius 2 is 2.04 bits per heavy atom. The number of carbonyl (C=O) groups is 2. The fourth-order valence-electron chi connectivity index (χ4n) is 4.27. The van der Waals surface area contributed by atoms with Crippen LogP contribution in [0.2, 0.25) is 0 Å². The smallest absolute Gasteiger partial charge is 0.338 e. The number of fused-ring (bicyclic) bond motifs is 3. The Bertz CT molecular complexity index is 833. The van der Waals surface area contributed by atoms with Gasteiger partial charge in [0.25, 0.3) is 5.91 Å². The fourth-order valence-corrected chi connectivity index (χ4v) is 4.27. The van der Waals surface area contributed by atoms with Crippen LogP contribution < -0.4 is 5.32 Å². The summed E-state index contributed by atoms with van der Waals surface area (Å²) in [5.41, 5.74) is 4.19. The van der Waals surface area contributed by atoms with Gasteiger partial charge in [-0.05, 0) is 61.8 Å². The lowest BCUT2D eigenvalue weighted by Gasteiger charge is -2.18. The molecule has 1 amide bonds. The zero-order valence-corrected chi connectivity index (χ0v) is 15.3. The first-order valence-corrected chi connectivity index (χ1v) is 9.70. The molecule has 2 aliphatic carbocycles. The first-order chi connectivity index (χ1) is 12.6. The van der Waals surface area contributed by atoms with Gasteiger partial charge in [-0.3, -0.25) is 4.79 Å². The van der Waals surface area contributed by atoms with Crippen molar-refractivity contribution in [3.8, 4) is 0 Å². The molecule has 0 unspecified atom stereocenters. The molecule has 5 heteroatoms. The topological polar surface area (TPSA) is 71.2 Å². The van der Waals surface area contributed by atoms with Gasteiger partial charge in [-0.25, -0.2) is 4.79 Å². The molecule has 4 rings (SSSR count). The van der Waals surface area contributed by atoms with Gasteiger partial charge in [-0.1, -0.05) is 19.8 Å². The molecule has 2 aromatic rings. The number of ether oxygens (including phenoxy) is 1. The lowest BCUT2D eigenvalue weighted by Crippen LogP contribution is -2.35. The summed E-state index contributed by atoms with van der Waals surface area (Å²) in [4.78, 5) is 27.8. The van der Waals surface area contributed by atoms with Gasteiger partial charge in [-0.15, -0.1) is 0 Å². The molecule has 2 aliphatic rings. The lowest BCUT2D eigenvalue weighted by molar-refractivity contribution is -0.124. The molecule has 5 nitrogen and oxygen atoms in total. The summed E-state index contributed by atoms with van der Waals surface area (Å²) in [5.74, 6) is 0.0165. The van der Waals surface area contributed by atoms with Crippen molar-refractivity contribution < 1.29 is 14.3 Å². The zero-order chi connectivity index (χ0) is 18.1. The molecule has 1 atom stereocenters. The van der Waals surface area contributed by atoms with Crippen molar-refractivity contribution in [2.24, 2.45) is 5.92 Å². The molecule has 0 saturated heterocycles. The highest BCUT2D eigenvalue weighted by Crippen LogP contribution is 2.32. The summed E-state index contributed by atoms with van der Waals surface area (Å²) in [6.45, 7) is 2.05. The van der Waals surface area contributed by atoms with Crippen LogP contribution in [0.4, 0.5) is 0 Å². The van der Waals surface area contributed by atoms with E-state index in [4.69, 9.17) is 4.74 Å². The first kappa shape index (κ1) is 17.1. The Hall–Kier alpha value is -2.30. The second-order valence-corrected chi connectivity index (χ2v) is 7.82. The van der Waals surface area contributed by atoms with E-state index in [1.807, 2.05) is 12.1 Å². The molecule has 0 aliphatic heterocycles. The third-order valence-corrected chi connectivity index (χ3v) is 5.72. The van der Waals surface area contributed by atoms with Crippen molar-refractivity contribution in [2.75, 3.05) is 6.61 Å². The second kappa shape index (κ2) is 7.14. The highest BCUT2D eigenvalue weighted by atomic mass is 16.5. The standard InChI is InChI=1S/C21H26N2O3/c1-13-6-8-18-16(10-13)17-11-14(7-9-19(17)23-18)21(25)26-12-20(24)22-15-4-2-3-5-15/h7,9,11,13,15,23H,2-6,8,10,12H2,1H3,(H,22,24)/t13-/m0/s1. The van der Waals surface area contributed by atoms with Crippen LogP contribution in [0.1, 0.15) is 60.6 Å². The van der Waals surface area contributed by atoms with E-state index >= 15 is 0 Å². The summed E-state index contributed by atoms with van der Waals surface area (Å²) >= 11 is 0. The predicted molar refractivity (Wildman–Crippen MR) is 100 cm³/mol. The maximum absolute atomic E-state index is 12.4. The third kappa shape index (κ3) is 3.48. The van der Waals surface area contributed by atoms with E-state index in [1.165, 1.54) is 17.7 Å². The van der Waals surface area contributed by atoms with Crippen LogP contribution >= 0.6 is 0 Å². The Morgan fingerprint density at radius 3 is 2.85 bits per heavy atom. The highest BCUT2D eigenvalue weighted by molar-refractivity contribution is 5.97. The first-order valence-electron chi connectivity index (χ1n) is 9.70. The molecule has 1 fully saturated rings. The van der Waals surface area contributed by atoms with Gasteiger partial charge in [0, 0.05) is 22.6 Å². The number of H-pyrrole nitrogens is 1. The van der Waals surface area contributed by atoms with E-state index in [0.717, 1.165) is 49.4 Å². The Labute approximate surface area is 153 Å². The molecule has 1 heterocycles. The number of aromatic nitrogens is 1. The Balaban J connectivity index is 1.43. The Morgan fingerprint density at radius 1 is 1.23 bits per heavy atom. The summed E-state index contributed by atoms with van der Waals surface area (Å²) in [6, 6.07) is 5.85. The van der Waals surface area contributed by atoms with Gasteiger partial charge in [0.15, 0.2) is 6.61 Å². The summed E-state index contributed by atoms with van der Waals surface area (Å²) in [5, 5.41) is 4.04. The number of esters is 1. The zero-order valence-electron chi connectivity index (χ0n) is 15.3. The van der Waals surface area contributed by atoms with Crippen LogP contribution in [0.15, 0.2) is 18.2 Å². The molecule has 0 spiro atoms. The molecule has 0 bridgehead atoms. The summed E-state index contributed by atoms with van der Waals surface area (Å²) in [7, 11) is 0. The minimum Gasteiger partial charge on any atom is -0.452 e. The predicted octanol–water partition coefficient (Wildman–Crippen LogP) is 3.51. The van der Waals surface area contributed by atoms with E-state index in [2.05, 4.69) is 17.2 Å². The second-order valence-electron chi connectivity index (χ2n) is 7.82. The van der Waals surface area contributed by atoms with Crippen molar-refractivity contribution in [3.63, 3.8) is 0 Å². The van der Waals surface area contributed by atoms with Crippen molar-refractivity contribution >= 4 is 22.8 Å². The van der Waals surface area contributed by atoms with Gasteiger partial charge in [0.05, 0.1) is 5.56 Å². The van der Waals surface area contributed by atoms with E-state index in [0.29, 0.717) is 11.5 Å². The average molecular weight is 354 g/mol. The van der Waals surface area contributed by atoms with Crippen molar-refractivity contribution in [1.29, 1.82) is 0 Å². The molecule has 1 aromatic carbocycles. The largest absolute Gasteiger partial charge is 0.452 e. The van der Waals surface area contributed by atoms with E-state index in [-0.39, 0.29) is 18.6 Å². The van der Waals surface area contributed by atoms with Crippen LogP contribution in [-0.2, 0) is 22.4 Å². The molecule has 1 saturated carbocycles. The van der Waals surface area contributed by atoms with Gasteiger partial charge < -0.3 is 15.0 Å². The number of aromatic amines is 1. The molecule has 1 aromatic heterocycles. The number of rotatable bonds is 4. The van der Waals surface area contributed by atoms with Crippen LogP contribution in [0.3, 0.4) is 0 Å². The highest BCUT2D eigenvalue weighted by Gasteiger charge is 2.21. The van der Waals surface area contributed by atoms with E-state index in [1.54, 1.807) is 6.07 Å². The molecule has 2 N–H and O–H groups in total. The monoisotopic (exact) mass is 354 g/mol. The molecular weight excluding hydrogens is 328 g/mol. The van der Waals surface area contributed by atoms with Crippen LogP contribution in [0.25, 0.3) is 10.9 Å². The van der Waals surface area contributed by atoms with Gasteiger partial charge in [0.1, 0.15) is 0 Å². The van der Waals surface area contributed by atoms with Crippen LogP contribution in [0.5, 0.6) is 0 Å². The van der Waals surface area contributed by atoms with Gasteiger partial charge in [-0.2, -0.15) is 0 Å². The summed E-state index contributed by atoms with van der Waals surface area (Å²) < 4.78 is 5.23. The third-order valence-electron chi connectivity index (χ3n) is 5.72. The normalized spacial score (nSPS) is 20.1. The molecule has 138 valence electrons. The van der Waals surface area contributed by atoms with Gasteiger partial charge in [0.2, 0.25) is 0 Å². The minimum absolute atomic E-state index is 0.209. The molecule has 0 radical (unpaired) electrons. The fraction of sp³-hybridized carbons (Fsp3) is 0.524. The quantitative estimate of drug-likeness (QED) is 0.826. The molecular formula is C21H26N2O3. The average Bonchev–Trinajstić information content (AvgIpc) is 3.26. The maximum Gasteiger partial charge on any atom is 0.338 e. The van der Waals surface area contributed by atoms with E-state index < -0.39 is 5.97 Å². The number of hydrogen-bond acceptors (Lipinski definition) is 3. The number of benzene rings is 1. The Kier molecular flexibility index (Phi) is 4.70. The van der Waals surface area contributed by atoms with Gasteiger partial charge >= 0.3 is 5.97 Å². The maximum atomic E-state index is 12.4. The minimum atomic E-state index is -0.438. The number of aryl methyl sites for hydroxylation is 1. The van der Waals surface area contributed by atoms with Crippen LogP contribution in [0, 0.1) is 5.92 Å². The lowest BCUT2D eigenvalue weighted by atomic mass is 9.87. The van der Waals surface area contributed by atoms with Crippen molar-refractivity contribution in [1.82, 2.24) is 10.3 Å². The number of hydrogen-bond donors (Lipinski definition) is 2. The number of nitrogens with one attached hydrogen (secondary N) is 2. The number of amides is 1. The number of carbonyl (C=O) groups excluding carboxylic acids is 2. The van der Waals surface area contributed by atoms with Crippen LogP contribution in [-0.4, -0.2) is 29.5 Å². The van der Waals surface area contributed by atoms with Crippen molar-refractivity contribution in [3.05, 3.63) is 35.0 Å². The van der Waals surface area contributed by atoms with Crippen molar-refractivity contribution in [2.45, 2.75) is 57.9 Å².